The molecule has 0 unspecified atom stereocenters. The molecule has 1 aliphatic heterocycles. The number of carbonyl (C=O) groups excluding carboxylic acids is 1. The Morgan fingerprint density at radius 2 is 1.98 bits per heavy atom. The molecular weight excluding hydrogens is 520 g/mol. The molecule has 0 aliphatic carbocycles. The number of ether oxygens (including phenoxy) is 3. The number of hydrogen-bond acceptors (Lipinski definition) is 8. The van der Waals surface area contributed by atoms with Crippen LogP contribution in [0.1, 0.15) is 12.0 Å². The van der Waals surface area contributed by atoms with Gasteiger partial charge in [0.1, 0.15) is 18.2 Å². The second-order valence-corrected chi connectivity index (χ2v) is 9.45. The van der Waals surface area contributed by atoms with E-state index in [0.717, 1.165) is 61.4 Å². The summed E-state index contributed by atoms with van der Waals surface area (Å²) < 4.78 is 19.1. The molecule has 3 aromatic rings. The summed E-state index contributed by atoms with van der Waals surface area (Å²) in [4.78, 5) is 23.2. The molecule has 0 radical (unpaired) electrons. The van der Waals surface area contributed by atoms with Gasteiger partial charge in [-0.05, 0) is 37.4 Å². The van der Waals surface area contributed by atoms with Gasteiger partial charge in [-0.15, -0.1) is 0 Å². The molecule has 0 atom stereocenters. The van der Waals surface area contributed by atoms with E-state index in [1.807, 2.05) is 31.5 Å². The number of methoxy groups -OCH3 is 1. The van der Waals surface area contributed by atoms with Crippen molar-refractivity contribution in [1.82, 2.24) is 9.47 Å². The number of fused-ring (bicyclic) bond motifs is 1. The smallest absolute Gasteiger partial charge is 0.247 e. The van der Waals surface area contributed by atoms with Crippen molar-refractivity contribution in [2.45, 2.75) is 6.42 Å². The zero-order valence-corrected chi connectivity index (χ0v) is 23.8. The zero-order valence-electron chi connectivity index (χ0n) is 23.8. The van der Waals surface area contributed by atoms with Crippen LogP contribution in [0.25, 0.3) is 16.6 Å². The van der Waals surface area contributed by atoms with Crippen molar-refractivity contribution in [2.24, 2.45) is 17.0 Å². The predicted octanol–water partition coefficient (Wildman–Crippen LogP) is 4.59. The van der Waals surface area contributed by atoms with Gasteiger partial charge in [0.25, 0.3) is 0 Å². The number of nitrogens with zero attached hydrogens (tertiary/aromatic N) is 4. The van der Waals surface area contributed by atoms with Gasteiger partial charge in [0.15, 0.2) is 0 Å². The Labute approximate surface area is 241 Å². The van der Waals surface area contributed by atoms with Crippen LogP contribution >= 0.6 is 0 Å². The molecule has 10 heteroatoms. The molecule has 2 heterocycles. The molecule has 2 N–H and O–H groups in total. The standard InChI is InChI=1S/C31H38N6O4/c1-5-31(38)35-27-19-26(29(39-4)20-30(27)41-16-8-13-37-14-17-40-18-15-37)34-22-33-12-11-25(32-2)24-21-36(3)28-10-7-6-9-23(24)28/h5-7,9-12,19-21,34H,1-2,8,13-18,22H2,3-4H3,(H,35,38)/b25-11-,33-12-. The largest absolute Gasteiger partial charge is 0.494 e. The Hall–Kier alpha value is -4.41. The lowest BCUT2D eigenvalue weighted by atomic mass is 10.1. The van der Waals surface area contributed by atoms with Crippen molar-refractivity contribution in [2.75, 3.05) is 63.9 Å². The predicted molar refractivity (Wildman–Crippen MR) is 167 cm³/mol. The van der Waals surface area contributed by atoms with Crippen molar-refractivity contribution in [3.05, 3.63) is 66.9 Å². The molecule has 10 nitrogen and oxygen atoms in total. The highest BCUT2D eigenvalue weighted by Gasteiger charge is 2.15. The van der Waals surface area contributed by atoms with Crippen molar-refractivity contribution >= 4 is 46.8 Å². The molecule has 1 amide bonds. The summed E-state index contributed by atoms with van der Waals surface area (Å²) in [5.41, 5.74) is 4.01. The van der Waals surface area contributed by atoms with Crippen molar-refractivity contribution < 1.29 is 19.0 Å². The second-order valence-electron chi connectivity index (χ2n) is 9.45. The quantitative estimate of drug-likeness (QED) is 0.170. The van der Waals surface area contributed by atoms with Gasteiger partial charge in [-0.1, -0.05) is 24.8 Å². The highest BCUT2D eigenvalue weighted by Crippen LogP contribution is 2.37. The van der Waals surface area contributed by atoms with E-state index in [-0.39, 0.29) is 12.6 Å². The Bertz CT molecular complexity index is 1420. The van der Waals surface area contributed by atoms with Crippen LogP contribution < -0.4 is 20.1 Å². The van der Waals surface area contributed by atoms with E-state index in [4.69, 9.17) is 14.2 Å². The summed E-state index contributed by atoms with van der Waals surface area (Å²) in [6.45, 7) is 12.4. The molecule has 0 saturated carbocycles. The van der Waals surface area contributed by atoms with Crippen LogP contribution in [0.15, 0.2) is 71.3 Å². The number of aryl methyl sites for hydroxylation is 1. The average Bonchev–Trinajstić information content (AvgIpc) is 3.34. The number of allylic oxidation sites excluding steroid dienone is 1. The minimum absolute atomic E-state index is 0.265. The van der Waals surface area contributed by atoms with Crippen molar-refractivity contribution in [1.29, 1.82) is 0 Å². The third kappa shape index (κ3) is 7.84. The van der Waals surface area contributed by atoms with Crippen LogP contribution in [-0.4, -0.2) is 81.5 Å². The summed E-state index contributed by atoms with van der Waals surface area (Å²) >= 11 is 0. The first-order valence-corrected chi connectivity index (χ1v) is 13.6. The zero-order chi connectivity index (χ0) is 29.0. The number of rotatable bonds is 14. The topological polar surface area (TPSA) is 102 Å². The third-order valence-electron chi connectivity index (χ3n) is 6.77. The van der Waals surface area contributed by atoms with Gasteiger partial charge in [-0.2, -0.15) is 0 Å². The van der Waals surface area contributed by atoms with E-state index in [9.17, 15) is 4.79 Å². The van der Waals surface area contributed by atoms with Gasteiger partial charge in [-0.3, -0.25) is 19.7 Å². The first-order chi connectivity index (χ1) is 20.0. The Kier molecular flexibility index (Phi) is 10.7. The fourth-order valence-electron chi connectivity index (χ4n) is 4.64. The monoisotopic (exact) mass is 558 g/mol. The minimum Gasteiger partial charge on any atom is -0.494 e. The number of carbonyl (C=O) groups is 1. The van der Waals surface area contributed by atoms with Gasteiger partial charge in [0, 0.05) is 61.6 Å². The number of hydrogen-bond donors (Lipinski definition) is 2. The van der Waals surface area contributed by atoms with Gasteiger partial charge < -0.3 is 29.4 Å². The number of nitrogens with one attached hydrogen (secondary N) is 2. The highest BCUT2D eigenvalue weighted by molar-refractivity contribution is 6.00. The van der Waals surface area contributed by atoms with E-state index < -0.39 is 0 Å². The van der Waals surface area contributed by atoms with Crippen LogP contribution in [0.3, 0.4) is 0 Å². The fourth-order valence-corrected chi connectivity index (χ4v) is 4.64. The average molecular weight is 559 g/mol. The molecule has 4 rings (SSSR count). The summed E-state index contributed by atoms with van der Waals surface area (Å²) in [7, 11) is 3.59. The SMILES string of the molecule is C=CC(=O)Nc1cc(NC/N=C\C=C(/N=C)c2cn(C)c3ccccc23)c(OC)cc1OCCCN1CCOCC1. The van der Waals surface area contributed by atoms with Crippen molar-refractivity contribution in [3.8, 4) is 11.5 Å². The first-order valence-electron chi connectivity index (χ1n) is 13.6. The molecule has 1 aromatic heterocycles. The van der Waals surface area contributed by atoms with Gasteiger partial charge >= 0.3 is 0 Å². The summed E-state index contributed by atoms with van der Waals surface area (Å²) in [5, 5.41) is 7.17. The fraction of sp³-hybridized carbons (Fsp3) is 0.323. The molecule has 1 aliphatic rings. The van der Waals surface area contributed by atoms with E-state index in [0.29, 0.717) is 29.5 Å². The molecular formula is C31H38N6O4. The number of benzene rings is 2. The maximum absolute atomic E-state index is 12.1. The number of amides is 1. The maximum atomic E-state index is 12.1. The number of morpholine rings is 1. The van der Waals surface area contributed by atoms with Crippen LogP contribution in [0.5, 0.6) is 11.5 Å². The second kappa shape index (κ2) is 14.8. The summed E-state index contributed by atoms with van der Waals surface area (Å²) in [6, 6.07) is 11.7. The van der Waals surface area contributed by atoms with Crippen LogP contribution in [0.2, 0.25) is 0 Å². The van der Waals surface area contributed by atoms with Crippen LogP contribution in [-0.2, 0) is 16.6 Å². The van der Waals surface area contributed by atoms with E-state index in [1.54, 1.807) is 25.5 Å². The number of aromatic nitrogens is 1. The summed E-state index contributed by atoms with van der Waals surface area (Å²) in [5.74, 6) is 0.757. The molecule has 2 aromatic carbocycles. The first kappa shape index (κ1) is 29.6. The Morgan fingerprint density at radius 1 is 1.17 bits per heavy atom. The number of anilines is 2. The van der Waals surface area contributed by atoms with Gasteiger partial charge in [0.05, 0.1) is 44.0 Å². The summed E-state index contributed by atoms with van der Waals surface area (Å²) in [6.07, 6.45) is 7.62. The van der Waals surface area contributed by atoms with Gasteiger partial charge in [-0.25, -0.2) is 0 Å². The van der Waals surface area contributed by atoms with Crippen LogP contribution in [0, 0.1) is 0 Å². The Balaban J connectivity index is 1.42. The lowest BCUT2D eigenvalue weighted by Crippen LogP contribution is -2.37. The lowest BCUT2D eigenvalue weighted by molar-refractivity contribution is -0.111. The number of aliphatic imine (C=N–C) groups is 2. The molecule has 0 spiro atoms. The number of para-hydroxylation sites is 1. The van der Waals surface area contributed by atoms with E-state index in [2.05, 4.69) is 55.5 Å². The minimum atomic E-state index is -0.333. The molecule has 0 bridgehead atoms. The molecule has 1 fully saturated rings. The third-order valence-corrected chi connectivity index (χ3v) is 6.77. The maximum Gasteiger partial charge on any atom is 0.247 e. The van der Waals surface area contributed by atoms with E-state index in [1.165, 1.54) is 6.08 Å². The van der Waals surface area contributed by atoms with E-state index >= 15 is 0 Å². The normalized spacial score (nSPS) is 14.2. The Morgan fingerprint density at radius 3 is 2.73 bits per heavy atom. The molecule has 1 saturated heterocycles. The van der Waals surface area contributed by atoms with Gasteiger partial charge in [0.2, 0.25) is 5.91 Å². The highest BCUT2D eigenvalue weighted by atomic mass is 16.5. The van der Waals surface area contributed by atoms with Crippen molar-refractivity contribution in [3.63, 3.8) is 0 Å². The lowest BCUT2D eigenvalue weighted by Gasteiger charge is -2.26. The van der Waals surface area contributed by atoms with Crippen LogP contribution in [0.4, 0.5) is 11.4 Å². The molecule has 41 heavy (non-hydrogen) atoms. The molecule has 216 valence electrons.